The first-order chi connectivity index (χ1) is 8.04. The average Bonchev–Trinajstić information content (AvgIpc) is 2.66. The average molecular weight is 295 g/mol. The van der Waals surface area contributed by atoms with Gasteiger partial charge >= 0.3 is 0 Å². The largest absolute Gasteiger partial charge is 0.324 e. The van der Waals surface area contributed by atoms with Crippen LogP contribution in [0, 0.1) is 0 Å². The molecule has 3 heteroatoms. The van der Waals surface area contributed by atoms with Gasteiger partial charge in [-0.2, -0.15) is 0 Å². The number of fused-ring (bicyclic) bond motifs is 1. The summed E-state index contributed by atoms with van der Waals surface area (Å²) in [5, 5.41) is 0. The molecule has 0 aliphatic carbocycles. The van der Waals surface area contributed by atoms with Crippen LogP contribution in [0.15, 0.2) is 18.2 Å². The van der Waals surface area contributed by atoms with Crippen molar-refractivity contribution in [1.82, 2.24) is 9.55 Å². The minimum absolute atomic E-state index is 0.280. The van der Waals surface area contributed by atoms with Crippen LogP contribution in [0.25, 0.3) is 11.0 Å². The van der Waals surface area contributed by atoms with Crippen LogP contribution in [-0.4, -0.2) is 9.55 Å². The third-order valence-corrected chi connectivity index (χ3v) is 3.47. The van der Waals surface area contributed by atoms with Gasteiger partial charge in [0.15, 0.2) is 0 Å². The molecule has 2 nitrogen and oxygen atoms in total. The lowest BCUT2D eigenvalue weighted by molar-refractivity contribution is 0.587. The molecule has 1 aromatic heterocycles. The third kappa shape index (κ3) is 2.25. The Morgan fingerprint density at radius 3 is 2.53 bits per heavy atom. The summed E-state index contributed by atoms with van der Waals surface area (Å²) >= 11 is 3.63. The molecule has 0 amide bonds. The highest BCUT2D eigenvalue weighted by Gasteiger charge is 2.16. The van der Waals surface area contributed by atoms with Gasteiger partial charge in [-0.05, 0) is 44.9 Å². The molecule has 1 aromatic carbocycles. The monoisotopic (exact) mass is 294 g/mol. The molecule has 1 unspecified atom stereocenters. The Balaban J connectivity index is 2.70. The summed E-state index contributed by atoms with van der Waals surface area (Å²) < 4.78 is 2.31. The van der Waals surface area contributed by atoms with Crippen LogP contribution in [-0.2, 0) is 6.42 Å². The number of aromatic nitrogens is 2. The Morgan fingerprint density at radius 1 is 1.29 bits per heavy atom. The van der Waals surface area contributed by atoms with Crippen molar-refractivity contribution in [2.45, 2.75) is 45.0 Å². The highest BCUT2D eigenvalue weighted by molar-refractivity contribution is 9.09. The van der Waals surface area contributed by atoms with Crippen molar-refractivity contribution < 1.29 is 0 Å². The zero-order valence-electron chi connectivity index (χ0n) is 10.9. The van der Waals surface area contributed by atoms with E-state index in [1.165, 1.54) is 11.1 Å². The molecule has 2 aromatic rings. The maximum Gasteiger partial charge on any atom is 0.123 e. The Labute approximate surface area is 111 Å². The second kappa shape index (κ2) is 4.81. The van der Waals surface area contributed by atoms with Crippen LogP contribution < -0.4 is 0 Å². The number of nitrogens with zero attached hydrogens (tertiary/aromatic N) is 2. The van der Waals surface area contributed by atoms with Crippen LogP contribution in [0.4, 0.5) is 0 Å². The van der Waals surface area contributed by atoms with Crippen LogP contribution in [0.2, 0.25) is 0 Å². The SMILES string of the molecule is CCc1ccc2c(c1)nc(C(C)Br)n2C(C)C. The molecule has 1 heterocycles. The van der Waals surface area contributed by atoms with E-state index >= 15 is 0 Å². The first-order valence-electron chi connectivity index (χ1n) is 6.19. The minimum Gasteiger partial charge on any atom is -0.324 e. The van der Waals surface area contributed by atoms with Gasteiger partial charge in [-0.25, -0.2) is 4.98 Å². The van der Waals surface area contributed by atoms with Crippen molar-refractivity contribution in [3.63, 3.8) is 0 Å². The molecule has 0 N–H and O–H groups in total. The molecule has 1 atom stereocenters. The molecule has 0 aliphatic heterocycles. The smallest absolute Gasteiger partial charge is 0.123 e. The number of aryl methyl sites for hydroxylation is 1. The van der Waals surface area contributed by atoms with Crippen molar-refractivity contribution in [1.29, 1.82) is 0 Å². The van der Waals surface area contributed by atoms with Crippen LogP contribution in [0.1, 0.15) is 50.0 Å². The number of benzene rings is 1. The van der Waals surface area contributed by atoms with Gasteiger partial charge in [0.2, 0.25) is 0 Å². The van der Waals surface area contributed by atoms with Crippen molar-refractivity contribution in [2.24, 2.45) is 0 Å². The molecule has 0 fully saturated rings. The molecule has 17 heavy (non-hydrogen) atoms. The quantitative estimate of drug-likeness (QED) is 0.754. The van der Waals surface area contributed by atoms with E-state index in [1.54, 1.807) is 0 Å². The summed E-state index contributed by atoms with van der Waals surface area (Å²) in [6, 6.07) is 7.03. The fourth-order valence-electron chi connectivity index (χ4n) is 2.21. The topological polar surface area (TPSA) is 17.8 Å². The summed E-state index contributed by atoms with van der Waals surface area (Å²) in [5.74, 6) is 1.11. The normalized spacial score (nSPS) is 13.5. The molecular formula is C14H19BrN2. The lowest BCUT2D eigenvalue weighted by Gasteiger charge is -2.14. The Kier molecular flexibility index (Phi) is 3.57. The molecule has 0 radical (unpaired) electrons. The molecule has 0 spiro atoms. The highest BCUT2D eigenvalue weighted by atomic mass is 79.9. The molecule has 0 aliphatic rings. The zero-order chi connectivity index (χ0) is 12.6. The summed E-state index contributed by atoms with van der Waals surface area (Å²) in [4.78, 5) is 5.04. The molecule has 92 valence electrons. The van der Waals surface area contributed by atoms with Crippen LogP contribution in [0.5, 0.6) is 0 Å². The van der Waals surface area contributed by atoms with Gasteiger partial charge in [-0.15, -0.1) is 0 Å². The van der Waals surface area contributed by atoms with Crippen molar-refractivity contribution in [3.05, 3.63) is 29.6 Å². The summed E-state index contributed by atoms with van der Waals surface area (Å²) in [6.45, 7) is 8.71. The number of imidazole rings is 1. The third-order valence-electron chi connectivity index (χ3n) is 3.06. The summed E-state index contributed by atoms with van der Waals surface area (Å²) in [6.07, 6.45) is 1.06. The van der Waals surface area contributed by atoms with E-state index in [9.17, 15) is 0 Å². The fraction of sp³-hybridized carbons (Fsp3) is 0.500. The van der Waals surface area contributed by atoms with E-state index < -0.39 is 0 Å². The van der Waals surface area contributed by atoms with E-state index in [0.29, 0.717) is 6.04 Å². The zero-order valence-corrected chi connectivity index (χ0v) is 12.5. The lowest BCUT2D eigenvalue weighted by Crippen LogP contribution is -2.06. The number of hydrogen-bond acceptors (Lipinski definition) is 1. The van der Waals surface area contributed by atoms with Gasteiger partial charge in [0.25, 0.3) is 0 Å². The van der Waals surface area contributed by atoms with E-state index in [-0.39, 0.29) is 4.83 Å². The Morgan fingerprint density at radius 2 is 2.00 bits per heavy atom. The van der Waals surface area contributed by atoms with Crippen LogP contribution >= 0.6 is 15.9 Å². The molecule has 0 saturated heterocycles. The van der Waals surface area contributed by atoms with Crippen LogP contribution in [0.3, 0.4) is 0 Å². The predicted molar refractivity (Wildman–Crippen MR) is 76.8 cm³/mol. The summed E-state index contributed by atoms with van der Waals surface area (Å²) in [7, 11) is 0. The fourth-order valence-corrected chi connectivity index (χ4v) is 2.53. The summed E-state index contributed by atoms with van der Waals surface area (Å²) in [5.41, 5.74) is 3.69. The van der Waals surface area contributed by atoms with Crippen molar-refractivity contribution in [2.75, 3.05) is 0 Å². The minimum atomic E-state index is 0.280. The molecular weight excluding hydrogens is 276 g/mol. The van der Waals surface area contributed by atoms with E-state index in [2.05, 4.69) is 66.4 Å². The number of halogens is 1. The van der Waals surface area contributed by atoms with Gasteiger partial charge in [0, 0.05) is 6.04 Å². The Bertz CT molecular complexity index is 526. The molecule has 0 bridgehead atoms. The number of rotatable bonds is 3. The number of hydrogen-bond donors (Lipinski definition) is 0. The lowest BCUT2D eigenvalue weighted by atomic mass is 10.1. The van der Waals surface area contributed by atoms with E-state index in [0.717, 1.165) is 17.8 Å². The maximum atomic E-state index is 4.76. The highest BCUT2D eigenvalue weighted by Crippen LogP contribution is 2.29. The molecule has 2 rings (SSSR count). The second-order valence-corrected chi connectivity index (χ2v) is 6.10. The first kappa shape index (κ1) is 12.6. The number of alkyl halides is 1. The van der Waals surface area contributed by atoms with Gasteiger partial charge in [-0.3, -0.25) is 0 Å². The van der Waals surface area contributed by atoms with Crippen molar-refractivity contribution >= 4 is 27.0 Å². The first-order valence-corrected chi connectivity index (χ1v) is 7.11. The van der Waals surface area contributed by atoms with E-state index in [1.807, 2.05) is 0 Å². The second-order valence-electron chi connectivity index (χ2n) is 4.73. The predicted octanol–water partition coefficient (Wildman–Crippen LogP) is 4.64. The van der Waals surface area contributed by atoms with Gasteiger partial charge in [-0.1, -0.05) is 28.9 Å². The van der Waals surface area contributed by atoms with E-state index in [4.69, 9.17) is 4.98 Å². The molecule has 0 saturated carbocycles. The van der Waals surface area contributed by atoms with Gasteiger partial charge < -0.3 is 4.57 Å². The van der Waals surface area contributed by atoms with Gasteiger partial charge in [0.05, 0.1) is 15.9 Å². The maximum absolute atomic E-state index is 4.76. The standard InChI is InChI=1S/C14H19BrN2/c1-5-11-6-7-13-12(8-11)16-14(10(4)15)17(13)9(2)3/h6-10H,5H2,1-4H3. The van der Waals surface area contributed by atoms with Gasteiger partial charge in [0.1, 0.15) is 5.82 Å². The van der Waals surface area contributed by atoms with Crippen molar-refractivity contribution in [3.8, 4) is 0 Å². The Hall–Kier alpha value is -0.830.